The van der Waals surface area contributed by atoms with Crippen molar-refractivity contribution in [1.29, 1.82) is 0 Å². The number of ether oxygens (including phenoxy) is 2. The lowest BCUT2D eigenvalue weighted by atomic mass is 10.1. The van der Waals surface area contributed by atoms with Gasteiger partial charge in [0.1, 0.15) is 11.5 Å². The van der Waals surface area contributed by atoms with E-state index in [2.05, 4.69) is 35.6 Å². The molecule has 0 spiro atoms. The zero-order valence-electron chi connectivity index (χ0n) is 13.0. The molecule has 0 radical (unpaired) electrons. The molecular weight excluding hydrogens is 262 g/mol. The highest BCUT2D eigenvalue weighted by molar-refractivity contribution is 5.49. The van der Waals surface area contributed by atoms with E-state index in [4.69, 9.17) is 9.47 Å². The Morgan fingerprint density at radius 3 is 2.38 bits per heavy atom. The van der Waals surface area contributed by atoms with Crippen LogP contribution in [0.2, 0.25) is 0 Å². The normalized spacial score (nSPS) is 10.4. The third-order valence-corrected chi connectivity index (χ3v) is 3.61. The van der Waals surface area contributed by atoms with Crippen molar-refractivity contribution in [3.63, 3.8) is 0 Å². The third-order valence-electron chi connectivity index (χ3n) is 3.61. The molecule has 0 saturated heterocycles. The topological polar surface area (TPSA) is 30.5 Å². The van der Waals surface area contributed by atoms with E-state index < -0.39 is 0 Å². The molecule has 0 aromatic heterocycles. The van der Waals surface area contributed by atoms with Gasteiger partial charge in [0.25, 0.3) is 0 Å². The van der Waals surface area contributed by atoms with E-state index in [-0.39, 0.29) is 0 Å². The average Bonchev–Trinajstić information content (AvgIpc) is 2.53. The summed E-state index contributed by atoms with van der Waals surface area (Å²) in [6.45, 7) is 3.75. The Bertz CT molecular complexity index is 567. The molecule has 112 valence electrons. The predicted octanol–water partition coefficient (Wildman–Crippen LogP) is 3.34. The molecule has 0 aliphatic carbocycles. The Balaban J connectivity index is 1.92. The molecule has 2 rings (SSSR count). The van der Waals surface area contributed by atoms with E-state index in [0.29, 0.717) is 0 Å². The highest BCUT2D eigenvalue weighted by Gasteiger charge is 2.10. The van der Waals surface area contributed by atoms with Crippen molar-refractivity contribution in [3.8, 4) is 11.5 Å². The summed E-state index contributed by atoms with van der Waals surface area (Å²) in [5, 5.41) is 3.47. The van der Waals surface area contributed by atoms with Gasteiger partial charge >= 0.3 is 0 Å². The molecule has 2 aromatic carbocycles. The molecule has 0 aliphatic heterocycles. The van der Waals surface area contributed by atoms with E-state index in [0.717, 1.165) is 42.1 Å². The summed E-state index contributed by atoms with van der Waals surface area (Å²) in [6.07, 6.45) is 1.03. The minimum atomic E-state index is 0.793. The van der Waals surface area contributed by atoms with Crippen LogP contribution in [-0.2, 0) is 13.0 Å². The summed E-state index contributed by atoms with van der Waals surface area (Å²) in [5.41, 5.74) is 3.55. The Morgan fingerprint density at radius 2 is 1.71 bits per heavy atom. The van der Waals surface area contributed by atoms with Crippen molar-refractivity contribution in [3.05, 3.63) is 59.2 Å². The van der Waals surface area contributed by atoms with Gasteiger partial charge in [-0.2, -0.15) is 0 Å². The van der Waals surface area contributed by atoms with Gasteiger partial charge in [-0.15, -0.1) is 0 Å². The summed E-state index contributed by atoms with van der Waals surface area (Å²) in [7, 11) is 3.38. The van der Waals surface area contributed by atoms with E-state index in [9.17, 15) is 0 Å². The number of hydrogen-bond donors (Lipinski definition) is 1. The van der Waals surface area contributed by atoms with Crippen molar-refractivity contribution < 1.29 is 9.47 Å². The fourth-order valence-electron chi connectivity index (χ4n) is 2.47. The molecule has 1 N–H and O–H groups in total. The standard InChI is InChI=1S/C18H23NO2/c1-14-17(20-2)10-9-16(18(14)21-3)13-19-12-11-15-7-5-4-6-8-15/h4-10,19H,11-13H2,1-3H3. The number of benzene rings is 2. The van der Waals surface area contributed by atoms with Crippen LogP contribution >= 0.6 is 0 Å². The zero-order valence-corrected chi connectivity index (χ0v) is 13.0. The molecular formula is C18H23NO2. The lowest BCUT2D eigenvalue weighted by Gasteiger charge is -2.15. The molecule has 21 heavy (non-hydrogen) atoms. The Morgan fingerprint density at radius 1 is 0.952 bits per heavy atom. The van der Waals surface area contributed by atoms with Crippen LogP contribution in [0.4, 0.5) is 0 Å². The number of nitrogens with one attached hydrogen (secondary N) is 1. The largest absolute Gasteiger partial charge is 0.496 e. The van der Waals surface area contributed by atoms with Gasteiger partial charge in [-0.1, -0.05) is 36.4 Å². The SMILES string of the molecule is COc1ccc(CNCCc2ccccc2)c(OC)c1C. The van der Waals surface area contributed by atoms with Crippen molar-refractivity contribution in [2.45, 2.75) is 19.9 Å². The molecule has 0 saturated carbocycles. The van der Waals surface area contributed by atoms with Crippen LogP contribution in [0.3, 0.4) is 0 Å². The summed E-state index contributed by atoms with van der Waals surface area (Å²) in [6, 6.07) is 14.5. The third kappa shape index (κ3) is 3.99. The fourth-order valence-corrected chi connectivity index (χ4v) is 2.47. The molecule has 0 amide bonds. The van der Waals surface area contributed by atoms with E-state index in [1.54, 1.807) is 14.2 Å². The van der Waals surface area contributed by atoms with E-state index >= 15 is 0 Å². The smallest absolute Gasteiger partial charge is 0.129 e. The maximum absolute atomic E-state index is 5.51. The highest BCUT2D eigenvalue weighted by Crippen LogP contribution is 2.31. The molecule has 3 heteroatoms. The number of methoxy groups -OCH3 is 2. The lowest BCUT2D eigenvalue weighted by Crippen LogP contribution is -2.17. The number of hydrogen-bond acceptors (Lipinski definition) is 3. The van der Waals surface area contributed by atoms with Gasteiger partial charge in [-0.3, -0.25) is 0 Å². The van der Waals surface area contributed by atoms with Gasteiger partial charge < -0.3 is 14.8 Å². The van der Waals surface area contributed by atoms with Crippen molar-refractivity contribution in [2.24, 2.45) is 0 Å². The first-order valence-electron chi connectivity index (χ1n) is 7.21. The Labute approximate surface area is 126 Å². The van der Waals surface area contributed by atoms with Crippen LogP contribution in [0.1, 0.15) is 16.7 Å². The molecule has 0 fully saturated rings. The second-order valence-electron chi connectivity index (χ2n) is 5.00. The second kappa shape index (κ2) is 7.70. The minimum absolute atomic E-state index is 0.793. The molecule has 0 unspecified atom stereocenters. The highest BCUT2D eigenvalue weighted by atomic mass is 16.5. The first-order chi connectivity index (χ1) is 10.3. The molecule has 2 aromatic rings. The Hall–Kier alpha value is -2.00. The lowest BCUT2D eigenvalue weighted by molar-refractivity contribution is 0.384. The molecule has 0 bridgehead atoms. The summed E-state index contributed by atoms with van der Waals surface area (Å²) >= 11 is 0. The summed E-state index contributed by atoms with van der Waals surface area (Å²) in [5.74, 6) is 1.77. The van der Waals surface area contributed by atoms with Crippen LogP contribution in [0, 0.1) is 6.92 Å². The zero-order chi connectivity index (χ0) is 15.1. The first-order valence-corrected chi connectivity index (χ1v) is 7.21. The van der Waals surface area contributed by atoms with Gasteiger partial charge in [0, 0.05) is 17.7 Å². The van der Waals surface area contributed by atoms with Gasteiger partial charge in [-0.25, -0.2) is 0 Å². The summed E-state index contributed by atoms with van der Waals surface area (Å²) < 4.78 is 10.8. The van der Waals surface area contributed by atoms with E-state index in [1.807, 2.05) is 19.1 Å². The van der Waals surface area contributed by atoms with E-state index in [1.165, 1.54) is 5.56 Å². The first kappa shape index (κ1) is 15.4. The minimum Gasteiger partial charge on any atom is -0.496 e. The quantitative estimate of drug-likeness (QED) is 0.791. The van der Waals surface area contributed by atoms with Crippen molar-refractivity contribution in [1.82, 2.24) is 5.32 Å². The van der Waals surface area contributed by atoms with Gasteiger partial charge in [0.05, 0.1) is 14.2 Å². The van der Waals surface area contributed by atoms with Crippen LogP contribution in [0.25, 0.3) is 0 Å². The van der Waals surface area contributed by atoms with Crippen LogP contribution in [0.15, 0.2) is 42.5 Å². The average molecular weight is 285 g/mol. The van der Waals surface area contributed by atoms with Gasteiger partial charge in [0.2, 0.25) is 0 Å². The molecule has 0 atom stereocenters. The maximum Gasteiger partial charge on any atom is 0.129 e. The van der Waals surface area contributed by atoms with Crippen LogP contribution < -0.4 is 14.8 Å². The van der Waals surface area contributed by atoms with Crippen molar-refractivity contribution >= 4 is 0 Å². The predicted molar refractivity (Wildman–Crippen MR) is 86.1 cm³/mol. The van der Waals surface area contributed by atoms with Crippen molar-refractivity contribution in [2.75, 3.05) is 20.8 Å². The molecule has 3 nitrogen and oxygen atoms in total. The number of rotatable bonds is 7. The van der Waals surface area contributed by atoms with Crippen LogP contribution in [-0.4, -0.2) is 20.8 Å². The fraction of sp³-hybridized carbons (Fsp3) is 0.333. The molecule has 0 aliphatic rings. The van der Waals surface area contributed by atoms with Crippen LogP contribution in [0.5, 0.6) is 11.5 Å². The van der Waals surface area contributed by atoms with Gasteiger partial charge in [-0.05, 0) is 31.5 Å². The Kier molecular flexibility index (Phi) is 5.64. The molecule has 0 heterocycles. The monoisotopic (exact) mass is 285 g/mol. The maximum atomic E-state index is 5.51. The summed E-state index contributed by atoms with van der Waals surface area (Å²) in [4.78, 5) is 0. The second-order valence-corrected chi connectivity index (χ2v) is 5.00. The van der Waals surface area contributed by atoms with Gasteiger partial charge in [0.15, 0.2) is 0 Å².